The number of fused-ring (bicyclic) bond motifs is 1. The largest absolute Gasteiger partial charge is 0.495 e. The van der Waals surface area contributed by atoms with Crippen LogP contribution in [0.2, 0.25) is 0 Å². The lowest BCUT2D eigenvalue weighted by Crippen LogP contribution is -2.53. The molecule has 0 amide bonds. The Balaban J connectivity index is 2.30. The van der Waals surface area contributed by atoms with Crippen molar-refractivity contribution < 1.29 is 19.2 Å². The van der Waals surface area contributed by atoms with E-state index in [0.29, 0.717) is 16.6 Å². The van der Waals surface area contributed by atoms with Gasteiger partial charge in [0.25, 0.3) is 0 Å². The van der Waals surface area contributed by atoms with E-state index >= 15 is 0 Å². The molecular weight excluding hydrogens is 245 g/mol. The summed E-state index contributed by atoms with van der Waals surface area (Å²) in [7, 11) is -1.20. The number of nitrogens with zero attached hydrogens (tertiary/aromatic N) is 1. The maximum atomic E-state index is 10.2. The lowest BCUT2D eigenvalue weighted by atomic mass is 9.76. The summed E-state index contributed by atoms with van der Waals surface area (Å²) in [5.41, 5.74) is -0.382. The molecule has 0 bridgehead atoms. The topological polar surface area (TPSA) is 75.7 Å². The molecule has 2 N–H and O–H groups in total. The van der Waals surface area contributed by atoms with Crippen molar-refractivity contribution in [3.8, 4) is 0 Å². The van der Waals surface area contributed by atoms with Crippen molar-refractivity contribution in [1.29, 1.82) is 0 Å². The van der Waals surface area contributed by atoms with Crippen LogP contribution < -0.4 is 5.46 Å². The van der Waals surface area contributed by atoms with Gasteiger partial charge in [-0.05, 0) is 33.8 Å². The Morgan fingerprint density at radius 3 is 2.58 bits per heavy atom. The molecule has 102 valence electrons. The molecule has 0 aliphatic carbocycles. The van der Waals surface area contributed by atoms with Gasteiger partial charge in [0.15, 0.2) is 12.0 Å². The zero-order chi connectivity index (χ0) is 14.3. The van der Waals surface area contributed by atoms with E-state index in [4.69, 9.17) is 9.07 Å². The lowest BCUT2D eigenvalue weighted by Gasteiger charge is -2.38. The highest BCUT2D eigenvalue weighted by atomic mass is 16.5. The molecule has 0 unspecified atom stereocenters. The first kappa shape index (κ1) is 14.1. The molecule has 0 atom stereocenters. The van der Waals surface area contributed by atoms with Gasteiger partial charge in [-0.25, -0.2) is 4.98 Å². The van der Waals surface area contributed by atoms with Crippen LogP contribution >= 0.6 is 0 Å². The van der Waals surface area contributed by atoms with Crippen molar-refractivity contribution in [3.63, 3.8) is 0 Å². The maximum absolute atomic E-state index is 10.2. The summed E-state index contributed by atoms with van der Waals surface area (Å²) in [5.74, 6) is 0. The molecular formula is C13H18BNO4. The highest BCUT2D eigenvalue weighted by Gasteiger charge is 2.40. The van der Waals surface area contributed by atoms with Gasteiger partial charge in [0.05, 0.1) is 11.2 Å². The molecule has 19 heavy (non-hydrogen) atoms. The first-order valence-electron chi connectivity index (χ1n) is 6.13. The summed E-state index contributed by atoms with van der Waals surface area (Å²) in [6.45, 7) is 6.71. The van der Waals surface area contributed by atoms with E-state index in [1.807, 2.05) is 0 Å². The zero-order valence-electron chi connectivity index (χ0n) is 11.5. The fourth-order valence-electron chi connectivity index (χ4n) is 1.59. The predicted octanol–water partition coefficient (Wildman–Crippen LogP) is 1.08. The van der Waals surface area contributed by atoms with Crippen LogP contribution in [0.25, 0.3) is 11.1 Å². The van der Waals surface area contributed by atoms with Crippen molar-refractivity contribution in [1.82, 2.24) is 4.98 Å². The minimum absolute atomic E-state index is 0.488. The predicted molar refractivity (Wildman–Crippen MR) is 73.1 cm³/mol. The molecule has 1 aromatic heterocycles. The normalized spacial score (nSPS) is 12.9. The number of hydrogen-bond acceptors (Lipinski definition) is 5. The molecule has 0 aliphatic rings. The van der Waals surface area contributed by atoms with Crippen molar-refractivity contribution in [2.45, 2.75) is 38.9 Å². The van der Waals surface area contributed by atoms with Crippen molar-refractivity contribution in [2.24, 2.45) is 0 Å². The second-order valence-electron chi connectivity index (χ2n) is 5.59. The molecule has 2 aromatic rings. The van der Waals surface area contributed by atoms with Gasteiger partial charge < -0.3 is 19.2 Å². The third kappa shape index (κ3) is 2.65. The number of rotatable bonds is 4. The summed E-state index contributed by atoms with van der Waals surface area (Å²) in [5, 5.41) is 20.3. The number of para-hydroxylation sites is 1. The number of aromatic nitrogens is 1. The Hall–Kier alpha value is -1.37. The second kappa shape index (κ2) is 4.63. The van der Waals surface area contributed by atoms with E-state index in [0.717, 1.165) is 0 Å². The van der Waals surface area contributed by atoms with Gasteiger partial charge >= 0.3 is 7.12 Å². The molecule has 6 heteroatoms. The SMILES string of the molecule is CC(C)(O)C(C)(C)OB(O)c1cccc2ncoc12. The van der Waals surface area contributed by atoms with Crippen molar-refractivity contribution in [3.05, 3.63) is 24.6 Å². The van der Waals surface area contributed by atoms with Gasteiger partial charge in [0, 0.05) is 5.46 Å². The van der Waals surface area contributed by atoms with Crippen LogP contribution in [0, 0.1) is 0 Å². The van der Waals surface area contributed by atoms with Crippen LogP contribution in [0.4, 0.5) is 0 Å². The van der Waals surface area contributed by atoms with Gasteiger partial charge in [-0.1, -0.05) is 12.1 Å². The zero-order valence-corrected chi connectivity index (χ0v) is 11.5. The standard InChI is InChI=1S/C13H18BNO4/c1-12(2,16)13(3,4)19-14(17)9-6-5-7-10-11(9)18-8-15-10/h5-8,16-17H,1-4H3. The second-order valence-corrected chi connectivity index (χ2v) is 5.59. The van der Waals surface area contributed by atoms with E-state index in [-0.39, 0.29) is 0 Å². The summed E-state index contributed by atoms with van der Waals surface area (Å²) in [6, 6.07) is 5.26. The molecule has 2 rings (SSSR count). The average Bonchev–Trinajstić information content (AvgIpc) is 2.73. The van der Waals surface area contributed by atoms with Gasteiger partial charge in [-0.3, -0.25) is 0 Å². The Morgan fingerprint density at radius 2 is 1.95 bits per heavy atom. The summed E-state index contributed by atoms with van der Waals surface area (Å²) in [6.07, 6.45) is 1.32. The van der Waals surface area contributed by atoms with Gasteiger partial charge in [-0.2, -0.15) is 0 Å². The molecule has 0 spiro atoms. The number of benzene rings is 1. The minimum atomic E-state index is -1.20. The van der Waals surface area contributed by atoms with Crippen LogP contribution in [0.15, 0.2) is 29.0 Å². The molecule has 5 nitrogen and oxygen atoms in total. The fourth-order valence-corrected chi connectivity index (χ4v) is 1.59. The maximum Gasteiger partial charge on any atom is 0.495 e. The molecule has 0 saturated heterocycles. The smallest absolute Gasteiger partial charge is 0.444 e. The fraction of sp³-hybridized carbons (Fsp3) is 0.462. The third-order valence-corrected chi connectivity index (χ3v) is 3.53. The Kier molecular flexibility index (Phi) is 3.42. The average molecular weight is 263 g/mol. The number of aliphatic hydroxyl groups is 1. The third-order valence-electron chi connectivity index (χ3n) is 3.53. The van der Waals surface area contributed by atoms with Crippen molar-refractivity contribution in [2.75, 3.05) is 0 Å². The van der Waals surface area contributed by atoms with Gasteiger partial charge in [0.2, 0.25) is 0 Å². The van der Waals surface area contributed by atoms with Crippen LogP contribution in [-0.4, -0.2) is 33.4 Å². The summed E-state index contributed by atoms with van der Waals surface area (Å²) < 4.78 is 10.8. The molecule has 0 radical (unpaired) electrons. The van der Waals surface area contributed by atoms with Crippen LogP contribution in [0.1, 0.15) is 27.7 Å². The van der Waals surface area contributed by atoms with Gasteiger partial charge in [0.1, 0.15) is 5.52 Å². The molecule has 0 saturated carbocycles. The Bertz CT molecular complexity index is 573. The van der Waals surface area contributed by atoms with Crippen LogP contribution in [-0.2, 0) is 4.65 Å². The molecule has 0 aliphatic heterocycles. The quantitative estimate of drug-likeness (QED) is 0.807. The lowest BCUT2D eigenvalue weighted by molar-refractivity contribution is -0.0982. The number of hydrogen-bond donors (Lipinski definition) is 2. The Morgan fingerprint density at radius 1 is 1.26 bits per heavy atom. The summed E-state index contributed by atoms with van der Waals surface area (Å²) >= 11 is 0. The van der Waals surface area contributed by atoms with Gasteiger partial charge in [-0.15, -0.1) is 0 Å². The highest BCUT2D eigenvalue weighted by molar-refractivity contribution is 6.62. The Labute approximate surface area is 112 Å². The monoisotopic (exact) mass is 263 g/mol. The van der Waals surface area contributed by atoms with E-state index in [1.54, 1.807) is 45.9 Å². The first-order chi connectivity index (χ1) is 8.72. The number of oxazole rings is 1. The van der Waals surface area contributed by atoms with E-state index in [9.17, 15) is 10.1 Å². The minimum Gasteiger partial charge on any atom is -0.444 e. The summed E-state index contributed by atoms with van der Waals surface area (Å²) in [4.78, 5) is 4.02. The van der Waals surface area contributed by atoms with Crippen molar-refractivity contribution >= 4 is 23.7 Å². The molecule has 0 fully saturated rings. The molecule has 1 aromatic carbocycles. The van der Waals surface area contributed by atoms with E-state index < -0.39 is 18.3 Å². The first-order valence-corrected chi connectivity index (χ1v) is 6.13. The van der Waals surface area contributed by atoms with Crippen LogP contribution in [0.3, 0.4) is 0 Å². The van der Waals surface area contributed by atoms with E-state index in [2.05, 4.69) is 4.98 Å². The van der Waals surface area contributed by atoms with E-state index in [1.165, 1.54) is 6.39 Å². The molecule has 1 heterocycles. The van der Waals surface area contributed by atoms with Crippen LogP contribution in [0.5, 0.6) is 0 Å². The highest BCUT2D eigenvalue weighted by Crippen LogP contribution is 2.25.